The van der Waals surface area contributed by atoms with Gasteiger partial charge in [0.05, 0.1) is 25.7 Å². The third-order valence-corrected chi connectivity index (χ3v) is 6.64. The summed E-state index contributed by atoms with van der Waals surface area (Å²) < 4.78 is 31.5. The Morgan fingerprint density at radius 2 is 1.81 bits per heavy atom. The van der Waals surface area contributed by atoms with Gasteiger partial charge >= 0.3 is 12.1 Å². The number of methoxy groups -OCH3 is 2. The topological polar surface area (TPSA) is 77.4 Å². The van der Waals surface area contributed by atoms with Crippen LogP contribution >= 0.6 is 27.7 Å². The first-order chi connectivity index (χ1) is 16.8. The Hall–Kier alpha value is -2.85. The SMILES string of the molecule is COC(=O)C1=C[C@@](C)(c2cc(Br)ccc2F)N=C(N(Cc2ccc(OC)cc2)C(=O)OC(C)(C)C)S1. The molecule has 3 rings (SSSR count). The number of amides is 1. The van der Waals surface area contributed by atoms with E-state index in [1.165, 1.54) is 18.1 Å². The molecular weight excluding hydrogens is 551 g/mol. The summed E-state index contributed by atoms with van der Waals surface area (Å²) in [5.74, 6) is -0.460. The molecular formula is C26H28BrFN2O5S. The molecule has 7 nitrogen and oxygen atoms in total. The van der Waals surface area contributed by atoms with E-state index in [2.05, 4.69) is 15.9 Å². The normalized spacial score (nSPS) is 17.6. The first-order valence-corrected chi connectivity index (χ1v) is 12.6. The van der Waals surface area contributed by atoms with Gasteiger partial charge < -0.3 is 14.2 Å². The fourth-order valence-corrected chi connectivity index (χ4v) is 4.92. The lowest BCUT2D eigenvalue weighted by atomic mass is 9.91. The molecule has 2 aromatic rings. The summed E-state index contributed by atoms with van der Waals surface area (Å²) in [5.41, 5.74) is -1.09. The highest BCUT2D eigenvalue weighted by molar-refractivity contribution is 9.10. The molecule has 0 aliphatic carbocycles. The van der Waals surface area contributed by atoms with Gasteiger partial charge in [-0.1, -0.05) is 28.1 Å². The quantitative estimate of drug-likeness (QED) is 0.381. The summed E-state index contributed by atoms with van der Waals surface area (Å²) in [5, 5.41) is 0.171. The Morgan fingerprint density at radius 1 is 1.14 bits per heavy atom. The zero-order valence-electron chi connectivity index (χ0n) is 20.9. The van der Waals surface area contributed by atoms with Crippen molar-refractivity contribution >= 4 is 44.9 Å². The van der Waals surface area contributed by atoms with Crippen LogP contribution in [0.3, 0.4) is 0 Å². The summed E-state index contributed by atoms with van der Waals surface area (Å²) in [6, 6.07) is 11.7. The monoisotopic (exact) mass is 578 g/mol. The Balaban J connectivity index is 2.13. The molecule has 0 fully saturated rings. The molecule has 1 amide bonds. The highest BCUT2D eigenvalue weighted by Gasteiger charge is 2.38. The number of esters is 1. The molecule has 0 aromatic heterocycles. The maximum atomic E-state index is 15.0. The maximum absolute atomic E-state index is 15.0. The van der Waals surface area contributed by atoms with Crippen LogP contribution in [0.25, 0.3) is 0 Å². The van der Waals surface area contributed by atoms with Crippen molar-refractivity contribution in [3.05, 3.63) is 74.9 Å². The minimum atomic E-state index is -1.31. The second-order valence-corrected chi connectivity index (χ2v) is 11.1. The van der Waals surface area contributed by atoms with Gasteiger partial charge in [0.1, 0.15) is 22.7 Å². The molecule has 0 spiro atoms. The first kappa shape index (κ1) is 27.7. The highest BCUT2D eigenvalue weighted by atomic mass is 79.9. The lowest BCUT2D eigenvalue weighted by Crippen LogP contribution is -2.41. The Bertz CT molecular complexity index is 1210. The number of carbonyl (C=O) groups excluding carboxylic acids is 2. The number of carbonyl (C=O) groups is 2. The lowest BCUT2D eigenvalue weighted by Gasteiger charge is -2.33. The third-order valence-electron chi connectivity index (χ3n) is 5.15. The summed E-state index contributed by atoms with van der Waals surface area (Å²) in [4.78, 5) is 32.3. The molecule has 0 radical (unpaired) electrons. The number of nitrogens with zero attached hydrogens (tertiary/aromatic N) is 2. The number of benzene rings is 2. The fraction of sp³-hybridized carbons (Fsp3) is 0.346. The van der Waals surface area contributed by atoms with Crippen LogP contribution in [0, 0.1) is 5.82 Å². The molecule has 0 N–H and O–H groups in total. The van der Waals surface area contributed by atoms with E-state index in [9.17, 15) is 14.0 Å². The minimum absolute atomic E-state index is 0.0935. The van der Waals surface area contributed by atoms with Gasteiger partial charge in [-0.2, -0.15) is 0 Å². The van der Waals surface area contributed by atoms with Gasteiger partial charge in [0.2, 0.25) is 0 Å². The maximum Gasteiger partial charge on any atom is 0.416 e. The molecule has 0 bridgehead atoms. The number of aliphatic imine (C=N–C) groups is 1. The van der Waals surface area contributed by atoms with Crippen LogP contribution in [0.15, 0.2) is 62.9 Å². The van der Waals surface area contributed by atoms with E-state index < -0.39 is 29.0 Å². The number of ether oxygens (including phenoxy) is 3. The van der Waals surface area contributed by atoms with Crippen molar-refractivity contribution in [3.63, 3.8) is 0 Å². The second kappa shape index (κ2) is 11.0. The Kier molecular flexibility index (Phi) is 8.51. The highest BCUT2D eigenvalue weighted by Crippen LogP contribution is 2.41. The van der Waals surface area contributed by atoms with Crippen LogP contribution in [0.5, 0.6) is 5.75 Å². The Labute approximate surface area is 222 Å². The van der Waals surface area contributed by atoms with Gasteiger partial charge in [-0.15, -0.1) is 0 Å². The number of hydrogen-bond acceptors (Lipinski definition) is 7. The van der Waals surface area contributed by atoms with Gasteiger partial charge in [-0.25, -0.2) is 19.0 Å². The van der Waals surface area contributed by atoms with Crippen molar-refractivity contribution in [3.8, 4) is 5.75 Å². The molecule has 10 heteroatoms. The first-order valence-electron chi connectivity index (χ1n) is 11.0. The predicted octanol–water partition coefficient (Wildman–Crippen LogP) is 6.41. The molecule has 1 aliphatic rings. The number of amidine groups is 1. The van der Waals surface area contributed by atoms with Crippen molar-refractivity contribution in [2.45, 2.75) is 45.4 Å². The molecule has 192 valence electrons. The Morgan fingerprint density at radius 3 is 2.39 bits per heavy atom. The molecule has 2 aromatic carbocycles. The van der Waals surface area contributed by atoms with E-state index in [0.29, 0.717) is 10.2 Å². The summed E-state index contributed by atoms with van der Waals surface area (Å²) in [6.07, 6.45) is 0.881. The zero-order valence-corrected chi connectivity index (χ0v) is 23.3. The van der Waals surface area contributed by atoms with Crippen LogP contribution in [-0.4, -0.2) is 42.0 Å². The van der Waals surface area contributed by atoms with E-state index in [1.54, 1.807) is 65.1 Å². The van der Waals surface area contributed by atoms with Crippen molar-refractivity contribution < 1.29 is 28.2 Å². The zero-order chi connectivity index (χ0) is 26.7. The average Bonchev–Trinajstić information content (AvgIpc) is 2.82. The van der Waals surface area contributed by atoms with E-state index in [4.69, 9.17) is 19.2 Å². The third kappa shape index (κ3) is 6.67. The van der Waals surface area contributed by atoms with Crippen LogP contribution in [0.2, 0.25) is 0 Å². The lowest BCUT2D eigenvalue weighted by molar-refractivity contribution is -0.135. The van der Waals surface area contributed by atoms with Crippen molar-refractivity contribution in [1.82, 2.24) is 4.90 Å². The average molecular weight is 579 g/mol. The summed E-state index contributed by atoms with van der Waals surface area (Å²) in [6.45, 7) is 7.03. The number of hydrogen-bond donors (Lipinski definition) is 0. The van der Waals surface area contributed by atoms with Gasteiger partial charge in [-0.3, -0.25) is 4.90 Å². The second-order valence-electron chi connectivity index (χ2n) is 9.18. The molecule has 0 saturated heterocycles. The molecule has 1 heterocycles. The van der Waals surface area contributed by atoms with Crippen molar-refractivity contribution in [2.75, 3.05) is 14.2 Å². The van der Waals surface area contributed by atoms with Crippen LogP contribution in [-0.2, 0) is 26.4 Å². The van der Waals surface area contributed by atoms with Crippen molar-refractivity contribution in [2.24, 2.45) is 4.99 Å². The molecule has 1 aliphatic heterocycles. The fourth-order valence-electron chi connectivity index (χ4n) is 3.42. The largest absolute Gasteiger partial charge is 0.497 e. The van der Waals surface area contributed by atoms with Crippen LogP contribution in [0.4, 0.5) is 9.18 Å². The van der Waals surface area contributed by atoms with Crippen LogP contribution in [0.1, 0.15) is 38.8 Å². The molecule has 1 atom stereocenters. The molecule has 0 unspecified atom stereocenters. The van der Waals surface area contributed by atoms with Crippen LogP contribution < -0.4 is 4.74 Å². The van der Waals surface area contributed by atoms with E-state index in [0.717, 1.165) is 17.3 Å². The van der Waals surface area contributed by atoms with E-state index >= 15 is 0 Å². The number of halogens is 2. The standard InChI is InChI=1S/C26H28BrFN2O5S/c1-25(2,3)35-24(32)30(15-16-7-10-18(33-5)11-8-16)23-29-26(4,14-21(36-23)22(31)34-6)19-13-17(27)9-12-20(19)28/h7-14H,15H2,1-6H3/t26-/m0/s1. The smallest absolute Gasteiger partial charge is 0.416 e. The summed E-state index contributed by atoms with van der Waals surface area (Å²) in [7, 11) is 2.83. The van der Waals surface area contributed by atoms with Gasteiger partial charge in [0, 0.05) is 10.0 Å². The van der Waals surface area contributed by atoms with Gasteiger partial charge in [0.15, 0.2) is 5.17 Å². The van der Waals surface area contributed by atoms with Gasteiger partial charge in [-0.05, 0) is 81.4 Å². The van der Waals surface area contributed by atoms with E-state index in [-0.39, 0.29) is 22.2 Å². The number of rotatable bonds is 5. The predicted molar refractivity (Wildman–Crippen MR) is 141 cm³/mol. The number of thioether (sulfide) groups is 1. The van der Waals surface area contributed by atoms with Crippen molar-refractivity contribution in [1.29, 1.82) is 0 Å². The van der Waals surface area contributed by atoms with E-state index in [1.807, 2.05) is 12.1 Å². The molecule has 0 saturated carbocycles. The van der Waals surface area contributed by atoms with Gasteiger partial charge in [0.25, 0.3) is 0 Å². The minimum Gasteiger partial charge on any atom is -0.497 e. The summed E-state index contributed by atoms with van der Waals surface area (Å²) >= 11 is 4.34. The molecule has 36 heavy (non-hydrogen) atoms.